The van der Waals surface area contributed by atoms with Crippen LogP contribution in [0.1, 0.15) is 33.1 Å². The van der Waals surface area contributed by atoms with Crippen LogP contribution in [0.15, 0.2) is 24.3 Å². The number of nitrogens with one attached hydrogen (secondary N) is 1. The van der Waals surface area contributed by atoms with Crippen LogP contribution in [0.25, 0.3) is 0 Å². The van der Waals surface area contributed by atoms with E-state index < -0.39 is 0 Å². The van der Waals surface area contributed by atoms with Crippen LogP contribution in [0.3, 0.4) is 0 Å². The number of carbonyl (C=O) groups excluding carboxylic acids is 1. The Kier molecular flexibility index (Phi) is 7.44. The summed E-state index contributed by atoms with van der Waals surface area (Å²) in [5.41, 5.74) is 0.771. The molecule has 1 aromatic carbocycles. The maximum atomic E-state index is 12.5. The van der Waals surface area contributed by atoms with E-state index in [1.54, 1.807) is 12.1 Å². The number of para-hydroxylation sites is 2. The van der Waals surface area contributed by atoms with Crippen LogP contribution < -0.4 is 10.2 Å². The minimum absolute atomic E-state index is 0.0163. The highest BCUT2D eigenvalue weighted by molar-refractivity contribution is 5.79. The number of ether oxygens (including phenoxy) is 1. The number of hydrogen-bond donors (Lipinski definition) is 1. The Balaban J connectivity index is 1.39. The second kappa shape index (κ2) is 10.0. The molecule has 2 saturated heterocycles. The van der Waals surface area contributed by atoms with Crippen LogP contribution in [0.2, 0.25) is 0 Å². The molecular formula is C21H32N4O4. The molecule has 2 aliphatic rings. The lowest BCUT2D eigenvalue weighted by Gasteiger charge is -2.35. The van der Waals surface area contributed by atoms with Crippen molar-refractivity contribution in [2.24, 2.45) is 5.92 Å². The summed E-state index contributed by atoms with van der Waals surface area (Å²) in [7, 11) is 0. The molecule has 8 nitrogen and oxygen atoms in total. The summed E-state index contributed by atoms with van der Waals surface area (Å²) < 4.78 is 5.75. The lowest BCUT2D eigenvalue weighted by atomic mass is 9.95. The predicted octanol–water partition coefficient (Wildman–Crippen LogP) is 2.43. The van der Waals surface area contributed by atoms with Crippen LogP contribution in [0.5, 0.6) is 0 Å². The van der Waals surface area contributed by atoms with Crippen LogP contribution in [-0.2, 0) is 9.53 Å². The molecule has 1 amide bonds. The number of hydrogen-bond acceptors (Lipinski definition) is 6. The van der Waals surface area contributed by atoms with Gasteiger partial charge in [0.05, 0.1) is 17.1 Å². The zero-order chi connectivity index (χ0) is 20.8. The van der Waals surface area contributed by atoms with Gasteiger partial charge in [-0.1, -0.05) is 12.1 Å². The van der Waals surface area contributed by atoms with Gasteiger partial charge in [0.25, 0.3) is 5.69 Å². The van der Waals surface area contributed by atoms with Crippen molar-refractivity contribution in [3.05, 3.63) is 34.4 Å². The summed E-state index contributed by atoms with van der Waals surface area (Å²) in [6.07, 6.45) is 2.89. The topological polar surface area (TPSA) is 88.0 Å². The summed E-state index contributed by atoms with van der Waals surface area (Å²) in [5, 5.41) is 14.3. The summed E-state index contributed by atoms with van der Waals surface area (Å²) in [6.45, 7) is 9.06. The zero-order valence-electron chi connectivity index (χ0n) is 17.4. The predicted molar refractivity (Wildman–Crippen MR) is 112 cm³/mol. The standard InChI is InChI=1S/C21H32N4O4/c1-16-14-23(15-17(2)29-16)11-5-10-22-21(26)18-8-12-24(13-9-18)19-6-3-4-7-20(19)25(27)28/h3-4,6-7,16-18H,5,8-15H2,1-2H3,(H,22,26)/t16-,17-/m0/s1. The van der Waals surface area contributed by atoms with Crippen molar-refractivity contribution in [1.29, 1.82) is 0 Å². The van der Waals surface area contributed by atoms with E-state index in [0.717, 1.165) is 38.9 Å². The van der Waals surface area contributed by atoms with Gasteiger partial charge in [-0.25, -0.2) is 0 Å². The number of nitro benzene ring substituents is 1. The van der Waals surface area contributed by atoms with E-state index in [4.69, 9.17) is 4.74 Å². The monoisotopic (exact) mass is 404 g/mol. The summed E-state index contributed by atoms with van der Waals surface area (Å²) in [6, 6.07) is 6.81. The molecule has 0 aromatic heterocycles. The molecule has 160 valence electrons. The average Bonchev–Trinajstić information content (AvgIpc) is 2.70. The number of amides is 1. The Hall–Kier alpha value is -2.19. The Morgan fingerprint density at radius 2 is 1.86 bits per heavy atom. The number of piperidine rings is 1. The number of benzene rings is 1. The van der Waals surface area contributed by atoms with Crippen molar-refractivity contribution >= 4 is 17.3 Å². The lowest BCUT2D eigenvalue weighted by Crippen LogP contribution is -2.46. The highest BCUT2D eigenvalue weighted by Crippen LogP contribution is 2.31. The molecule has 29 heavy (non-hydrogen) atoms. The van der Waals surface area contributed by atoms with Crippen molar-refractivity contribution in [3.8, 4) is 0 Å². The van der Waals surface area contributed by atoms with Crippen LogP contribution in [0.4, 0.5) is 11.4 Å². The van der Waals surface area contributed by atoms with Gasteiger partial charge in [-0.05, 0) is 39.2 Å². The van der Waals surface area contributed by atoms with Gasteiger partial charge in [-0.15, -0.1) is 0 Å². The van der Waals surface area contributed by atoms with E-state index in [2.05, 4.69) is 24.1 Å². The Morgan fingerprint density at radius 3 is 2.52 bits per heavy atom. The number of rotatable bonds is 7. The van der Waals surface area contributed by atoms with Gasteiger partial charge in [0.15, 0.2) is 0 Å². The van der Waals surface area contributed by atoms with Crippen LogP contribution in [0, 0.1) is 16.0 Å². The highest BCUT2D eigenvalue weighted by atomic mass is 16.6. The fourth-order valence-corrected chi connectivity index (χ4v) is 4.39. The third-order valence-electron chi connectivity index (χ3n) is 5.73. The molecule has 0 saturated carbocycles. The van der Waals surface area contributed by atoms with Crippen molar-refractivity contribution in [2.45, 2.75) is 45.3 Å². The fraction of sp³-hybridized carbons (Fsp3) is 0.667. The molecule has 0 aliphatic carbocycles. The zero-order valence-corrected chi connectivity index (χ0v) is 17.4. The highest BCUT2D eigenvalue weighted by Gasteiger charge is 2.28. The molecule has 0 bridgehead atoms. The van der Waals surface area contributed by atoms with Gasteiger partial charge in [-0.2, -0.15) is 0 Å². The first kappa shape index (κ1) is 21.5. The molecule has 2 fully saturated rings. The number of nitro groups is 1. The molecule has 2 aliphatic heterocycles. The maximum Gasteiger partial charge on any atom is 0.292 e. The van der Waals surface area contributed by atoms with E-state index >= 15 is 0 Å². The Morgan fingerprint density at radius 1 is 1.21 bits per heavy atom. The second-order valence-corrected chi connectivity index (χ2v) is 8.17. The minimum atomic E-state index is -0.343. The molecule has 0 spiro atoms. The molecular weight excluding hydrogens is 372 g/mol. The molecule has 8 heteroatoms. The third-order valence-corrected chi connectivity index (χ3v) is 5.73. The van der Waals surface area contributed by atoms with Crippen LogP contribution in [-0.4, -0.2) is 67.2 Å². The van der Waals surface area contributed by atoms with E-state index in [1.807, 2.05) is 11.0 Å². The van der Waals surface area contributed by atoms with Crippen LogP contribution >= 0.6 is 0 Å². The van der Waals surface area contributed by atoms with Gasteiger partial charge < -0.3 is 15.0 Å². The summed E-state index contributed by atoms with van der Waals surface area (Å²) in [4.78, 5) is 27.8. The number of morpholine rings is 1. The quantitative estimate of drug-likeness (QED) is 0.427. The second-order valence-electron chi connectivity index (χ2n) is 8.17. The van der Waals surface area contributed by atoms with Crippen molar-refractivity contribution in [3.63, 3.8) is 0 Å². The molecule has 2 heterocycles. The molecule has 0 radical (unpaired) electrons. The molecule has 2 atom stereocenters. The van der Waals surface area contributed by atoms with E-state index in [-0.39, 0.29) is 34.6 Å². The van der Waals surface area contributed by atoms with Gasteiger partial charge in [0.2, 0.25) is 5.91 Å². The largest absolute Gasteiger partial charge is 0.373 e. The SMILES string of the molecule is C[C@H]1CN(CCCNC(=O)C2CCN(c3ccccc3[N+](=O)[O-])CC2)C[C@H](C)O1. The van der Waals surface area contributed by atoms with Gasteiger partial charge in [0.1, 0.15) is 5.69 Å². The molecule has 3 rings (SSSR count). The van der Waals surface area contributed by atoms with E-state index in [0.29, 0.717) is 25.3 Å². The molecule has 0 unspecified atom stereocenters. The average molecular weight is 405 g/mol. The maximum absolute atomic E-state index is 12.5. The van der Waals surface area contributed by atoms with Crippen molar-refractivity contribution in [2.75, 3.05) is 44.2 Å². The van der Waals surface area contributed by atoms with Crippen molar-refractivity contribution < 1.29 is 14.5 Å². The Bertz CT molecular complexity index is 696. The van der Waals surface area contributed by atoms with Crippen molar-refractivity contribution in [1.82, 2.24) is 10.2 Å². The normalized spacial score (nSPS) is 23.7. The first-order chi connectivity index (χ1) is 13.9. The molecule has 1 aromatic rings. The third kappa shape index (κ3) is 5.90. The minimum Gasteiger partial charge on any atom is -0.373 e. The summed E-state index contributed by atoms with van der Waals surface area (Å²) in [5.74, 6) is 0.0911. The van der Waals surface area contributed by atoms with E-state index in [1.165, 1.54) is 6.07 Å². The lowest BCUT2D eigenvalue weighted by molar-refractivity contribution is -0.384. The number of carbonyl (C=O) groups is 1. The first-order valence-electron chi connectivity index (χ1n) is 10.6. The van der Waals surface area contributed by atoms with Gasteiger partial charge >= 0.3 is 0 Å². The summed E-state index contributed by atoms with van der Waals surface area (Å²) >= 11 is 0. The van der Waals surface area contributed by atoms with Gasteiger partial charge in [0, 0.05) is 51.3 Å². The smallest absolute Gasteiger partial charge is 0.292 e. The number of nitrogens with zero attached hydrogens (tertiary/aromatic N) is 3. The van der Waals surface area contributed by atoms with Gasteiger partial charge in [-0.3, -0.25) is 19.8 Å². The van der Waals surface area contributed by atoms with E-state index in [9.17, 15) is 14.9 Å². The first-order valence-corrected chi connectivity index (χ1v) is 10.6. The Labute approximate surface area is 172 Å². The number of anilines is 1. The fourth-order valence-electron chi connectivity index (χ4n) is 4.39. The molecule has 1 N–H and O–H groups in total.